The van der Waals surface area contributed by atoms with Crippen LogP contribution in [0.2, 0.25) is 0 Å². The maximum Gasteiger partial charge on any atom is 0.150 e. The molecule has 56 valence electrons. The molecule has 11 heavy (non-hydrogen) atoms. The van der Waals surface area contributed by atoms with Gasteiger partial charge in [-0.15, -0.1) is 0 Å². The van der Waals surface area contributed by atoms with E-state index in [1.807, 2.05) is 0 Å². The third-order valence-corrected chi connectivity index (χ3v) is 1.60. The SMILES string of the molecule is Oc1cc(F)c2[nH]ccc2c1. The standard InChI is InChI=1S/C8H6FNO/c9-7-4-6(11)3-5-1-2-10-8(5)7/h1-4,10-11H. The van der Waals surface area contributed by atoms with Gasteiger partial charge in [0, 0.05) is 17.6 Å². The molecule has 0 saturated carbocycles. The van der Waals surface area contributed by atoms with E-state index in [1.165, 1.54) is 6.07 Å². The minimum Gasteiger partial charge on any atom is -0.508 e. The van der Waals surface area contributed by atoms with Crippen molar-refractivity contribution < 1.29 is 9.50 Å². The van der Waals surface area contributed by atoms with Crippen molar-refractivity contribution in [1.82, 2.24) is 4.98 Å². The molecule has 2 nitrogen and oxygen atoms in total. The highest BCUT2D eigenvalue weighted by Gasteiger charge is 2.02. The summed E-state index contributed by atoms with van der Waals surface area (Å²) in [5, 5.41) is 9.66. The van der Waals surface area contributed by atoms with Crippen molar-refractivity contribution in [2.75, 3.05) is 0 Å². The Kier molecular flexibility index (Phi) is 1.12. The summed E-state index contributed by atoms with van der Waals surface area (Å²) in [6.07, 6.45) is 1.63. The zero-order valence-electron chi connectivity index (χ0n) is 5.63. The third kappa shape index (κ3) is 0.852. The lowest BCUT2D eigenvalue weighted by atomic mass is 10.2. The number of phenols is 1. The molecule has 0 unspecified atom stereocenters. The molecule has 0 saturated heterocycles. The van der Waals surface area contributed by atoms with E-state index < -0.39 is 5.82 Å². The van der Waals surface area contributed by atoms with Gasteiger partial charge in [-0.3, -0.25) is 0 Å². The van der Waals surface area contributed by atoms with Crippen molar-refractivity contribution in [1.29, 1.82) is 0 Å². The van der Waals surface area contributed by atoms with E-state index in [9.17, 15) is 4.39 Å². The second kappa shape index (κ2) is 1.99. The van der Waals surface area contributed by atoms with E-state index in [0.717, 1.165) is 6.07 Å². The summed E-state index contributed by atoms with van der Waals surface area (Å²) in [6, 6.07) is 4.30. The summed E-state index contributed by atoms with van der Waals surface area (Å²) in [4.78, 5) is 2.73. The van der Waals surface area contributed by atoms with Gasteiger partial charge in [0.15, 0.2) is 5.82 Å². The maximum absolute atomic E-state index is 12.9. The van der Waals surface area contributed by atoms with Gasteiger partial charge in [0.25, 0.3) is 0 Å². The molecule has 1 aromatic heterocycles. The van der Waals surface area contributed by atoms with Crippen LogP contribution < -0.4 is 0 Å². The molecule has 3 heteroatoms. The average molecular weight is 151 g/mol. The lowest BCUT2D eigenvalue weighted by molar-refractivity contribution is 0.471. The quantitative estimate of drug-likeness (QED) is 0.593. The Hall–Kier alpha value is -1.51. The molecule has 0 atom stereocenters. The first-order valence-electron chi connectivity index (χ1n) is 3.23. The smallest absolute Gasteiger partial charge is 0.150 e. The molecule has 2 N–H and O–H groups in total. The van der Waals surface area contributed by atoms with Crippen molar-refractivity contribution in [2.45, 2.75) is 0 Å². The molecule has 1 aromatic carbocycles. The second-order valence-electron chi connectivity index (χ2n) is 2.37. The molecule has 0 aliphatic heterocycles. The average Bonchev–Trinajstić information content (AvgIpc) is 2.34. The molecule has 0 amide bonds. The van der Waals surface area contributed by atoms with Crippen LogP contribution in [-0.4, -0.2) is 10.1 Å². The molecule has 2 aromatic rings. The van der Waals surface area contributed by atoms with E-state index in [1.54, 1.807) is 12.3 Å². The number of aromatic nitrogens is 1. The van der Waals surface area contributed by atoms with Crippen molar-refractivity contribution >= 4 is 10.9 Å². The van der Waals surface area contributed by atoms with Gasteiger partial charge in [-0.1, -0.05) is 0 Å². The Balaban J connectivity index is 2.91. The monoisotopic (exact) mass is 151 g/mol. The second-order valence-corrected chi connectivity index (χ2v) is 2.37. The number of halogens is 1. The molecule has 0 aliphatic carbocycles. The lowest BCUT2D eigenvalue weighted by Crippen LogP contribution is -1.76. The molecule has 1 heterocycles. The highest BCUT2D eigenvalue weighted by atomic mass is 19.1. The van der Waals surface area contributed by atoms with Crippen molar-refractivity contribution in [3.63, 3.8) is 0 Å². The topological polar surface area (TPSA) is 36.0 Å². The molecule has 2 rings (SSSR count). The van der Waals surface area contributed by atoms with E-state index in [4.69, 9.17) is 5.11 Å². The van der Waals surface area contributed by atoms with Crippen LogP contribution in [0, 0.1) is 5.82 Å². The summed E-state index contributed by atoms with van der Waals surface area (Å²) < 4.78 is 12.9. The zero-order valence-corrected chi connectivity index (χ0v) is 5.63. The van der Waals surface area contributed by atoms with Gasteiger partial charge in [0.1, 0.15) is 5.75 Å². The highest BCUT2D eigenvalue weighted by Crippen LogP contribution is 2.21. The Labute approximate surface area is 62.3 Å². The van der Waals surface area contributed by atoms with E-state index >= 15 is 0 Å². The fourth-order valence-corrected chi connectivity index (χ4v) is 1.11. The fourth-order valence-electron chi connectivity index (χ4n) is 1.11. The van der Waals surface area contributed by atoms with Crippen LogP contribution in [0.4, 0.5) is 4.39 Å². The number of aromatic amines is 1. The maximum atomic E-state index is 12.9. The van der Waals surface area contributed by atoms with Crippen LogP contribution in [0.1, 0.15) is 0 Å². The van der Waals surface area contributed by atoms with Gasteiger partial charge in [0.2, 0.25) is 0 Å². The van der Waals surface area contributed by atoms with Gasteiger partial charge in [0.05, 0.1) is 5.52 Å². The van der Waals surface area contributed by atoms with Gasteiger partial charge >= 0.3 is 0 Å². The number of nitrogens with one attached hydrogen (secondary N) is 1. The summed E-state index contributed by atoms with van der Waals surface area (Å²) in [7, 11) is 0. The fraction of sp³-hybridized carbons (Fsp3) is 0. The van der Waals surface area contributed by atoms with Crippen molar-refractivity contribution in [2.24, 2.45) is 0 Å². The Morgan fingerprint density at radius 1 is 1.36 bits per heavy atom. The third-order valence-electron chi connectivity index (χ3n) is 1.60. The molecule has 0 spiro atoms. The normalized spacial score (nSPS) is 10.6. The summed E-state index contributed by atoms with van der Waals surface area (Å²) >= 11 is 0. The predicted octanol–water partition coefficient (Wildman–Crippen LogP) is 2.01. The lowest BCUT2D eigenvalue weighted by Gasteiger charge is -1.93. The van der Waals surface area contributed by atoms with Crippen LogP contribution in [0.15, 0.2) is 24.4 Å². The zero-order chi connectivity index (χ0) is 7.84. The Morgan fingerprint density at radius 2 is 2.18 bits per heavy atom. The minimum atomic E-state index is -0.426. The van der Waals surface area contributed by atoms with Crippen LogP contribution >= 0.6 is 0 Å². The van der Waals surface area contributed by atoms with E-state index in [2.05, 4.69) is 4.98 Å². The van der Waals surface area contributed by atoms with Gasteiger partial charge in [-0.2, -0.15) is 0 Å². The Morgan fingerprint density at radius 3 is 3.00 bits per heavy atom. The Bertz CT molecular complexity index is 394. The molecule has 0 fully saturated rings. The first-order valence-corrected chi connectivity index (χ1v) is 3.23. The molecular formula is C8H6FNO. The van der Waals surface area contributed by atoms with Crippen LogP contribution in [-0.2, 0) is 0 Å². The first-order chi connectivity index (χ1) is 5.27. The summed E-state index contributed by atoms with van der Waals surface area (Å²) in [5.74, 6) is -0.473. The van der Waals surface area contributed by atoms with Gasteiger partial charge < -0.3 is 10.1 Å². The van der Waals surface area contributed by atoms with Gasteiger partial charge in [-0.05, 0) is 12.1 Å². The number of hydrogen-bond acceptors (Lipinski definition) is 1. The van der Waals surface area contributed by atoms with Crippen LogP contribution in [0.25, 0.3) is 10.9 Å². The number of fused-ring (bicyclic) bond motifs is 1. The first kappa shape index (κ1) is 6.22. The molecule has 0 bridgehead atoms. The number of H-pyrrole nitrogens is 1. The number of hydrogen-bond donors (Lipinski definition) is 2. The predicted molar refractivity (Wildman–Crippen MR) is 39.9 cm³/mol. The number of aromatic hydroxyl groups is 1. The number of phenolic OH excluding ortho intramolecular Hbond substituents is 1. The molecule has 0 aliphatic rings. The van der Waals surface area contributed by atoms with Crippen molar-refractivity contribution in [3.8, 4) is 5.75 Å². The van der Waals surface area contributed by atoms with Crippen LogP contribution in [0.3, 0.4) is 0 Å². The number of benzene rings is 1. The highest BCUT2D eigenvalue weighted by molar-refractivity contribution is 5.81. The molecule has 0 radical (unpaired) electrons. The van der Waals surface area contributed by atoms with E-state index in [0.29, 0.717) is 10.9 Å². The summed E-state index contributed by atoms with van der Waals surface area (Å²) in [5.41, 5.74) is 0.433. The van der Waals surface area contributed by atoms with Crippen LogP contribution in [0.5, 0.6) is 5.75 Å². The summed E-state index contributed by atoms with van der Waals surface area (Å²) in [6.45, 7) is 0. The number of rotatable bonds is 0. The largest absolute Gasteiger partial charge is 0.508 e. The van der Waals surface area contributed by atoms with Crippen molar-refractivity contribution in [3.05, 3.63) is 30.2 Å². The van der Waals surface area contributed by atoms with Gasteiger partial charge in [-0.25, -0.2) is 4.39 Å². The van der Waals surface area contributed by atoms with E-state index in [-0.39, 0.29) is 5.75 Å². The molecular weight excluding hydrogens is 145 g/mol. The minimum absolute atomic E-state index is 0.0467.